The van der Waals surface area contributed by atoms with Crippen molar-refractivity contribution in [3.63, 3.8) is 0 Å². The molecule has 1 N–H and O–H groups in total. The highest BCUT2D eigenvalue weighted by atomic mass is 15.2. The summed E-state index contributed by atoms with van der Waals surface area (Å²) in [7, 11) is 0. The van der Waals surface area contributed by atoms with Gasteiger partial charge >= 0.3 is 0 Å². The van der Waals surface area contributed by atoms with Crippen LogP contribution in [-0.2, 0) is 0 Å². The lowest BCUT2D eigenvalue weighted by Crippen LogP contribution is -2.31. The van der Waals surface area contributed by atoms with Gasteiger partial charge in [-0.05, 0) is 62.6 Å². The summed E-state index contributed by atoms with van der Waals surface area (Å²) in [4.78, 5) is 2.72. The largest absolute Gasteiger partial charge is 0.316 e. The second kappa shape index (κ2) is 5.71. The number of hydrogen-bond acceptors (Lipinski definition) is 2. The van der Waals surface area contributed by atoms with Gasteiger partial charge in [0.15, 0.2) is 0 Å². The molecule has 1 aliphatic carbocycles. The van der Waals surface area contributed by atoms with Crippen molar-refractivity contribution in [2.24, 2.45) is 17.3 Å². The highest BCUT2D eigenvalue weighted by Gasteiger charge is 2.42. The fourth-order valence-corrected chi connectivity index (χ4v) is 3.07. The normalized spacial score (nSPS) is 27.9. The van der Waals surface area contributed by atoms with E-state index >= 15 is 0 Å². The summed E-state index contributed by atoms with van der Waals surface area (Å²) in [6, 6.07) is 0. The van der Waals surface area contributed by atoms with Gasteiger partial charge in [-0.15, -0.1) is 0 Å². The predicted octanol–water partition coefficient (Wildman–Crippen LogP) is 2.74. The predicted molar refractivity (Wildman–Crippen MR) is 74.2 cm³/mol. The minimum atomic E-state index is 0.736. The maximum Gasteiger partial charge on any atom is 0.00380 e. The molecule has 2 fully saturated rings. The summed E-state index contributed by atoms with van der Waals surface area (Å²) in [5.74, 6) is 1.68. The van der Waals surface area contributed by atoms with E-state index < -0.39 is 0 Å². The zero-order valence-corrected chi connectivity index (χ0v) is 12.0. The van der Waals surface area contributed by atoms with Crippen molar-refractivity contribution in [1.29, 1.82) is 0 Å². The van der Waals surface area contributed by atoms with Crippen molar-refractivity contribution < 1.29 is 0 Å². The molecule has 0 spiro atoms. The van der Waals surface area contributed by atoms with Crippen LogP contribution in [0.3, 0.4) is 0 Å². The summed E-state index contributed by atoms with van der Waals surface area (Å²) < 4.78 is 0. The summed E-state index contributed by atoms with van der Waals surface area (Å²) in [6.45, 7) is 13.4. The van der Waals surface area contributed by atoms with Crippen LogP contribution in [-0.4, -0.2) is 37.6 Å². The van der Waals surface area contributed by atoms with Crippen LogP contribution in [0.15, 0.2) is 0 Å². The van der Waals surface area contributed by atoms with Crippen molar-refractivity contribution in [3.05, 3.63) is 0 Å². The van der Waals surface area contributed by atoms with E-state index in [9.17, 15) is 0 Å². The van der Waals surface area contributed by atoms with Crippen molar-refractivity contribution in [1.82, 2.24) is 10.2 Å². The third-order valence-corrected chi connectivity index (χ3v) is 4.62. The third kappa shape index (κ3) is 3.96. The molecule has 0 bridgehead atoms. The molecule has 2 nitrogen and oxygen atoms in total. The molecule has 1 saturated heterocycles. The van der Waals surface area contributed by atoms with E-state index in [2.05, 4.69) is 31.0 Å². The van der Waals surface area contributed by atoms with Gasteiger partial charge in [-0.2, -0.15) is 0 Å². The average molecular weight is 238 g/mol. The molecule has 1 atom stereocenters. The van der Waals surface area contributed by atoms with Gasteiger partial charge in [-0.25, -0.2) is 0 Å². The Kier molecular flexibility index (Phi) is 4.48. The number of rotatable bonds is 7. The van der Waals surface area contributed by atoms with Gasteiger partial charge < -0.3 is 10.2 Å². The molecule has 0 radical (unpaired) electrons. The molecule has 0 aromatic heterocycles. The molecular formula is C15H30N2. The Morgan fingerprint density at radius 1 is 1.35 bits per heavy atom. The van der Waals surface area contributed by atoms with Crippen LogP contribution in [0.4, 0.5) is 0 Å². The molecule has 1 heterocycles. The number of nitrogens with zero attached hydrogens (tertiary/aromatic N) is 1. The Bertz CT molecular complexity index is 233. The molecule has 2 aliphatic rings. The van der Waals surface area contributed by atoms with Crippen LogP contribution in [0.2, 0.25) is 0 Å². The molecule has 1 aliphatic heterocycles. The number of likely N-dealkylation sites (tertiary alicyclic amines) is 1. The van der Waals surface area contributed by atoms with Crippen molar-refractivity contribution in [2.75, 3.05) is 32.7 Å². The summed E-state index contributed by atoms with van der Waals surface area (Å²) in [6.07, 6.45) is 5.76. The molecular weight excluding hydrogens is 208 g/mol. The molecule has 2 rings (SSSR count). The van der Waals surface area contributed by atoms with E-state index in [4.69, 9.17) is 0 Å². The Hall–Kier alpha value is -0.0800. The smallest absolute Gasteiger partial charge is 0.00380 e. The highest BCUT2D eigenvalue weighted by Crippen LogP contribution is 2.49. The van der Waals surface area contributed by atoms with Gasteiger partial charge in [0.25, 0.3) is 0 Å². The van der Waals surface area contributed by atoms with Gasteiger partial charge in [0, 0.05) is 13.1 Å². The summed E-state index contributed by atoms with van der Waals surface area (Å²) >= 11 is 0. The summed E-state index contributed by atoms with van der Waals surface area (Å²) in [5, 5.41) is 3.61. The SMILES string of the molecule is CCC1(CN2CCC(CNCC(C)C)C2)CC1. The quantitative estimate of drug-likeness (QED) is 0.733. The van der Waals surface area contributed by atoms with Crippen molar-refractivity contribution >= 4 is 0 Å². The first kappa shape index (κ1) is 13.4. The Morgan fingerprint density at radius 2 is 2.12 bits per heavy atom. The average Bonchev–Trinajstić information content (AvgIpc) is 2.92. The van der Waals surface area contributed by atoms with E-state index in [-0.39, 0.29) is 0 Å². The van der Waals surface area contributed by atoms with Gasteiger partial charge in [-0.3, -0.25) is 0 Å². The van der Waals surface area contributed by atoms with E-state index in [0.29, 0.717) is 0 Å². The first-order valence-corrected chi connectivity index (χ1v) is 7.56. The Labute approximate surface area is 107 Å². The molecule has 0 aromatic rings. The topological polar surface area (TPSA) is 15.3 Å². The van der Waals surface area contributed by atoms with Crippen LogP contribution in [0.1, 0.15) is 46.5 Å². The Balaban J connectivity index is 1.62. The van der Waals surface area contributed by atoms with Crippen molar-refractivity contribution in [3.8, 4) is 0 Å². The number of nitrogens with one attached hydrogen (secondary N) is 1. The zero-order chi connectivity index (χ0) is 12.3. The Morgan fingerprint density at radius 3 is 2.71 bits per heavy atom. The van der Waals surface area contributed by atoms with E-state index in [1.165, 1.54) is 58.4 Å². The molecule has 1 saturated carbocycles. The fraction of sp³-hybridized carbons (Fsp3) is 1.00. The number of hydrogen-bond donors (Lipinski definition) is 1. The minimum Gasteiger partial charge on any atom is -0.316 e. The lowest BCUT2D eigenvalue weighted by atomic mass is 10.0. The van der Waals surface area contributed by atoms with Crippen LogP contribution >= 0.6 is 0 Å². The zero-order valence-electron chi connectivity index (χ0n) is 12.0. The molecule has 1 unspecified atom stereocenters. The van der Waals surface area contributed by atoms with Gasteiger partial charge in [0.1, 0.15) is 0 Å². The second-order valence-electron chi connectivity index (χ2n) is 6.80. The third-order valence-electron chi connectivity index (χ3n) is 4.62. The lowest BCUT2D eigenvalue weighted by molar-refractivity contribution is 0.249. The van der Waals surface area contributed by atoms with Crippen LogP contribution in [0.25, 0.3) is 0 Å². The molecule has 0 amide bonds. The maximum atomic E-state index is 3.61. The van der Waals surface area contributed by atoms with Gasteiger partial charge in [0.05, 0.1) is 0 Å². The monoisotopic (exact) mass is 238 g/mol. The second-order valence-corrected chi connectivity index (χ2v) is 6.80. The fourth-order valence-electron chi connectivity index (χ4n) is 3.07. The lowest BCUT2D eigenvalue weighted by Gasteiger charge is -2.22. The molecule has 0 aromatic carbocycles. The van der Waals surface area contributed by atoms with Crippen LogP contribution in [0, 0.1) is 17.3 Å². The maximum absolute atomic E-state index is 3.61. The van der Waals surface area contributed by atoms with Gasteiger partial charge in [-0.1, -0.05) is 20.8 Å². The first-order valence-electron chi connectivity index (χ1n) is 7.56. The van der Waals surface area contributed by atoms with E-state index in [0.717, 1.165) is 17.3 Å². The molecule has 2 heteroatoms. The van der Waals surface area contributed by atoms with Gasteiger partial charge in [0.2, 0.25) is 0 Å². The first-order chi connectivity index (χ1) is 8.13. The van der Waals surface area contributed by atoms with Crippen LogP contribution < -0.4 is 5.32 Å². The molecule has 100 valence electrons. The van der Waals surface area contributed by atoms with Crippen molar-refractivity contribution in [2.45, 2.75) is 46.5 Å². The highest BCUT2D eigenvalue weighted by molar-refractivity contribution is 4.95. The minimum absolute atomic E-state index is 0.736. The summed E-state index contributed by atoms with van der Waals surface area (Å²) in [5.41, 5.74) is 0.736. The standard InChI is InChI=1S/C15H30N2/c1-4-15(6-7-15)12-17-8-5-14(11-17)10-16-9-13(2)3/h13-14,16H,4-12H2,1-3H3. The van der Waals surface area contributed by atoms with E-state index in [1.807, 2.05) is 0 Å². The van der Waals surface area contributed by atoms with Crippen LogP contribution in [0.5, 0.6) is 0 Å². The van der Waals surface area contributed by atoms with E-state index in [1.54, 1.807) is 0 Å². The molecule has 17 heavy (non-hydrogen) atoms.